The van der Waals surface area contributed by atoms with Gasteiger partial charge in [0.15, 0.2) is 13.4 Å². The van der Waals surface area contributed by atoms with Crippen molar-refractivity contribution in [2.24, 2.45) is 5.92 Å². The molecule has 0 N–H and O–H groups in total. The molecule has 5 nitrogen and oxygen atoms in total. The molecule has 0 saturated carbocycles. The predicted molar refractivity (Wildman–Crippen MR) is 164 cm³/mol. The minimum atomic E-state index is -3.57. The summed E-state index contributed by atoms with van der Waals surface area (Å²) in [6.07, 6.45) is 0.825. The van der Waals surface area contributed by atoms with Gasteiger partial charge in [-0.1, -0.05) is 112 Å². The maximum Gasteiger partial charge on any atom is 0.211 e. The minimum Gasteiger partial charge on any atom is -0.410 e. The van der Waals surface area contributed by atoms with Crippen LogP contribution in [0, 0.1) is 5.92 Å². The maximum absolute atomic E-state index is 13.8. The van der Waals surface area contributed by atoms with E-state index in [4.69, 9.17) is 4.43 Å². The lowest BCUT2D eigenvalue weighted by molar-refractivity contribution is -0.116. The Morgan fingerprint density at radius 1 is 1.03 bits per heavy atom. The summed E-state index contributed by atoms with van der Waals surface area (Å²) >= 11 is 1.20. The van der Waals surface area contributed by atoms with Crippen molar-refractivity contribution in [2.45, 2.75) is 83.6 Å². The van der Waals surface area contributed by atoms with Crippen LogP contribution in [-0.2, 0) is 25.8 Å². The maximum atomic E-state index is 13.8. The Hall–Kier alpha value is -1.71. The van der Waals surface area contributed by atoms with E-state index in [9.17, 15) is 13.2 Å². The molecule has 0 fully saturated rings. The Bertz CT molecular complexity index is 1180. The van der Waals surface area contributed by atoms with Gasteiger partial charge in [-0.05, 0) is 43.1 Å². The summed E-state index contributed by atoms with van der Waals surface area (Å²) < 4.78 is 34.1. The fourth-order valence-corrected chi connectivity index (χ4v) is 7.85. The Kier molecular flexibility index (Phi) is 11.2. The van der Waals surface area contributed by atoms with E-state index < -0.39 is 41.7 Å². The summed E-state index contributed by atoms with van der Waals surface area (Å²) in [4.78, 5) is 13.8. The van der Waals surface area contributed by atoms with Crippen LogP contribution in [0.15, 0.2) is 72.8 Å². The number of hydrogen-bond acceptors (Lipinski definition) is 5. The van der Waals surface area contributed by atoms with E-state index in [2.05, 4.69) is 40.4 Å². The van der Waals surface area contributed by atoms with E-state index in [1.54, 1.807) is 0 Å². The smallest absolute Gasteiger partial charge is 0.211 e. The van der Waals surface area contributed by atoms with Gasteiger partial charge in [0.25, 0.3) is 0 Å². The third-order valence-electron chi connectivity index (χ3n) is 7.41. The van der Waals surface area contributed by atoms with E-state index in [0.717, 1.165) is 16.7 Å². The van der Waals surface area contributed by atoms with E-state index in [-0.39, 0.29) is 16.7 Å². The Morgan fingerprint density at radius 3 is 1.97 bits per heavy atom. The van der Waals surface area contributed by atoms with Gasteiger partial charge in [-0.2, -0.15) is 4.31 Å². The molecule has 0 unspecified atom stereocenters. The molecule has 0 spiro atoms. The first kappa shape index (κ1) is 32.5. The number of hydrogen-bond donors (Lipinski definition) is 0. The van der Waals surface area contributed by atoms with Crippen molar-refractivity contribution in [1.29, 1.82) is 0 Å². The summed E-state index contributed by atoms with van der Waals surface area (Å²) in [5, 5.41) is -0.445. The fraction of sp³-hybridized carbons (Fsp3) is 0.500. The van der Waals surface area contributed by atoms with Crippen molar-refractivity contribution in [3.8, 4) is 0 Å². The van der Waals surface area contributed by atoms with Crippen molar-refractivity contribution < 1.29 is 17.6 Å². The minimum absolute atomic E-state index is 0.00881. The van der Waals surface area contributed by atoms with E-state index in [1.807, 2.05) is 81.4 Å². The zero-order valence-corrected chi connectivity index (χ0v) is 27.0. The number of carbonyl (C=O) groups is 1. The van der Waals surface area contributed by atoms with Crippen LogP contribution in [0.3, 0.4) is 0 Å². The molecule has 8 heteroatoms. The Balaban J connectivity index is 2.42. The van der Waals surface area contributed by atoms with Gasteiger partial charge in [0.05, 0.1) is 23.5 Å². The van der Waals surface area contributed by atoms with E-state index in [0.29, 0.717) is 0 Å². The zero-order valence-electron chi connectivity index (χ0n) is 24.4. The molecular formula is C30H45NO4S2Si. The van der Waals surface area contributed by atoms with Crippen LogP contribution in [0.4, 0.5) is 0 Å². The summed E-state index contributed by atoms with van der Waals surface area (Å²) in [6.45, 7) is 21.0. The van der Waals surface area contributed by atoms with Gasteiger partial charge in [-0.15, -0.1) is 0 Å². The third-order valence-corrected chi connectivity index (χ3v) is 14.7. The molecule has 2 aromatic rings. The summed E-state index contributed by atoms with van der Waals surface area (Å²) in [6, 6.07) is 18.7. The number of rotatable bonds is 12. The highest BCUT2D eigenvalue weighted by molar-refractivity contribution is 8.13. The molecule has 0 radical (unpaired) electrons. The average Bonchev–Trinajstić information content (AvgIpc) is 2.83. The second kappa shape index (κ2) is 13.1. The van der Waals surface area contributed by atoms with Crippen LogP contribution in [-0.4, -0.2) is 44.6 Å². The first-order chi connectivity index (χ1) is 17.5. The van der Waals surface area contributed by atoms with Crippen LogP contribution < -0.4 is 0 Å². The predicted octanol–water partition coefficient (Wildman–Crippen LogP) is 7.44. The summed E-state index contributed by atoms with van der Waals surface area (Å²) in [5.74, 6) is -0.439. The molecule has 0 aliphatic rings. The molecule has 0 heterocycles. The molecule has 0 aliphatic carbocycles. The van der Waals surface area contributed by atoms with Crippen molar-refractivity contribution >= 4 is 35.2 Å². The van der Waals surface area contributed by atoms with Gasteiger partial charge in [-0.3, -0.25) is 4.79 Å². The van der Waals surface area contributed by atoms with Crippen LogP contribution in [0.2, 0.25) is 18.1 Å². The number of benzene rings is 2. The fourth-order valence-electron chi connectivity index (χ4n) is 4.05. The zero-order chi connectivity index (χ0) is 28.9. The van der Waals surface area contributed by atoms with Crippen LogP contribution >= 0.6 is 11.8 Å². The van der Waals surface area contributed by atoms with Gasteiger partial charge >= 0.3 is 0 Å². The molecule has 0 amide bonds. The molecule has 0 bridgehead atoms. The standard InChI is InChI=1S/C30H45NO4S2Si/c1-22(2)27(35-38(9,10)30(5,6)7)23(3)29(32)36-28(26-19-15-12-16-20-26)24(4)31(37(8,33)34)21-25-17-13-11-14-18-25/h11-20,23-24,27-28H,1,21H2,2-10H3/t23-,24+,27-,28+/m0/s1. The Labute approximate surface area is 236 Å². The quantitative estimate of drug-likeness (QED) is 0.194. The van der Waals surface area contributed by atoms with Gasteiger partial charge in [0, 0.05) is 12.6 Å². The first-order valence-electron chi connectivity index (χ1n) is 13.0. The monoisotopic (exact) mass is 575 g/mol. The molecule has 0 aliphatic heterocycles. The number of nitrogens with zero attached hydrogens (tertiary/aromatic N) is 1. The van der Waals surface area contributed by atoms with Crippen molar-refractivity contribution in [3.05, 3.63) is 83.9 Å². The highest BCUT2D eigenvalue weighted by Gasteiger charge is 2.42. The van der Waals surface area contributed by atoms with Gasteiger partial charge in [0.2, 0.25) is 10.0 Å². The van der Waals surface area contributed by atoms with Crippen molar-refractivity contribution in [2.75, 3.05) is 6.26 Å². The normalized spacial score (nSPS) is 16.1. The highest BCUT2D eigenvalue weighted by atomic mass is 32.2. The average molecular weight is 576 g/mol. The summed E-state index contributed by atoms with van der Waals surface area (Å²) in [5.41, 5.74) is 2.62. The second-order valence-electron chi connectivity index (χ2n) is 11.7. The van der Waals surface area contributed by atoms with Crippen molar-refractivity contribution in [3.63, 3.8) is 0 Å². The summed E-state index contributed by atoms with van der Waals surface area (Å²) in [7, 11) is -5.73. The second-order valence-corrected chi connectivity index (χ2v) is 19.6. The van der Waals surface area contributed by atoms with Gasteiger partial charge in [0.1, 0.15) is 0 Å². The highest BCUT2D eigenvalue weighted by Crippen LogP contribution is 2.42. The number of thioether (sulfide) groups is 1. The molecule has 2 rings (SSSR count). The molecule has 38 heavy (non-hydrogen) atoms. The topological polar surface area (TPSA) is 63.7 Å². The molecule has 0 saturated heterocycles. The van der Waals surface area contributed by atoms with E-state index >= 15 is 0 Å². The van der Waals surface area contributed by atoms with Gasteiger partial charge in [-0.25, -0.2) is 8.42 Å². The first-order valence-corrected chi connectivity index (χ1v) is 18.7. The molecular weight excluding hydrogens is 531 g/mol. The third kappa shape index (κ3) is 8.65. The Morgan fingerprint density at radius 2 is 1.53 bits per heavy atom. The SMILES string of the molecule is C=C(C)[C@H](O[Si](C)(C)C(C)(C)C)[C@H](C)C(=O)S[C@@H](c1ccccc1)[C@@H](C)N(Cc1ccccc1)S(C)(=O)=O. The molecule has 4 atom stereocenters. The van der Waals surface area contributed by atoms with Crippen molar-refractivity contribution in [1.82, 2.24) is 4.31 Å². The molecule has 2 aromatic carbocycles. The van der Waals surface area contributed by atoms with Gasteiger partial charge < -0.3 is 4.43 Å². The van der Waals surface area contributed by atoms with E-state index in [1.165, 1.54) is 22.3 Å². The van der Waals surface area contributed by atoms with Crippen LogP contribution in [0.5, 0.6) is 0 Å². The lowest BCUT2D eigenvalue weighted by Gasteiger charge is -2.41. The van der Waals surface area contributed by atoms with Crippen LogP contribution in [0.25, 0.3) is 0 Å². The molecule has 210 valence electrons. The lowest BCUT2D eigenvalue weighted by atomic mass is 10.0. The number of carbonyl (C=O) groups excluding carboxylic acids is 1. The van der Waals surface area contributed by atoms with Crippen LogP contribution in [0.1, 0.15) is 57.9 Å². The number of sulfonamides is 1. The lowest BCUT2D eigenvalue weighted by Crippen LogP contribution is -2.46. The molecule has 0 aromatic heterocycles. The largest absolute Gasteiger partial charge is 0.410 e.